The minimum atomic E-state index is -4.87. The molecule has 0 bridgehead atoms. The second-order valence-corrected chi connectivity index (χ2v) is 8.08. The zero-order chi connectivity index (χ0) is 18.6. The van der Waals surface area contributed by atoms with Crippen molar-refractivity contribution in [2.45, 2.75) is 41.8 Å². The van der Waals surface area contributed by atoms with Gasteiger partial charge in [-0.3, -0.25) is 4.79 Å². The molecule has 4 nitrogen and oxygen atoms in total. The van der Waals surface area contributed by atoms with E-state index in [1.807, 2.05) is 25.3 Å². The summed E-state index contributed by atoms with van der Waals surface area (Å²) in [6.07, 6.45) is -1.61. The van der Waals surface area contributed by atoms with Crippen LogP contribution >= 0.6 is 11.8 Å². The van der Waals surface area contributed by atoms with Gasteiger partial charge < -0.3 is 9.45 Å². The molecule has 1 heterocycles. The van der Waals surface area contributed by atoms with Crippen molar-refractivity contribution >= 4 is 29.0 Å². The minimum absolute atomic E-state index is 0.0547. The van der Waals surface area contributed by atoms with Crippen LogP contribution < -0.4 is 0 Å². The lowest BCUT2D eigenvalue weighted by molar-refractivity contribution is -0.187. The van der Waals surface area contributed by atoms with Crippen molar-refractivity contribution in [3.63, 3.8) is 0 Å². The predicted octanol–water partition coefficient (Wildman–Crippen LogP) is 3.31. The van der Waals surface area contributed by atoms with Crippen molar-refractivity contribution in [1.82, 2.24) is 9.21 Å². The van der Waals surface area contributed by atoms with Crippen molar-refractivity contribution in [3.8, 4) is 0 Å². The Kier molecular flexibility index (Phi) is 7.07. The molecule has 9 heteroatoms. The highest BCUT2D eigenvalue weighted by Gasteiger charge is 2.46. The van der Waals surface area contributed by atoms with Crippen LogP contribution in [-0.4, -0.2) is 57.8 Å². The highest BCUT2D eigenvalue weighted by molar-refractivity contribution is 7.98. The lowest BCUT2D eigenvalue weighted by atomic mass is 10.1. The average Bonchev–Trinajstić information content (AvgIpc) is 2.60. The maximum absolute atomic E-state index is 12.9. The van der Waals surface area contributed by atoms with Gasteiger partial charge in [-0.1, -0.05) is 13.3 Å². The van der Waals surface area contributed by atoms with E-state index in [4.69, 9.17) is 0 Å². The molecule has 140 valence electrons. The van der Waals surface area contributed by atoms with E-state index in [2.05, 4.69) is 0 Å². The Morgan fingerprint density at radius 1 is 1.32 bits per heavy atom. The number of piperazine rings is 1. The van der Waals surface area contributed by atoms with Gasteiger partial charge >= 0.3 is 12.1 Å². The third kappa shape index (κ3) is 5.06. The molecule has 1 amide bonds. The summed E-state index contributed by atoms with van der Waals surface area (Å²) in [5.41, 5.74) is 0. The van der Waals surface area contributed by atoms with Crippen molar-refractivity contribution in [2.75, 3.05) is 25.9 Å². The Bertz CT molecular complexity index is 584. The number of carbonyl (C=O) groups excluding carboxylic acids is 1. The van der Waals surface area contributed by atoms with E-state index in [9.17, 15) is 22.5 Å². The number of hydrogen-bond acceptors (Lipinski definition) is 4. The van der Waals surface area contributed by atoms with E-state index in [0.29, 0.717) is 11.3 Å². The lowest BCUT2D eigenvalue weighted by Crippen LogP contribution is -2.58. The average molecular weight is 394 g/mol. The zero-order valence-electron chi connectivity index (χ0n) is 14.1. The minimum Gasteiger partial charge on any atom is -0.593 e. The van der Waals surface area contributed by atoms with Crippen LogP contribution in [0.4, 0.5) is 13.2 Å². The quantitative estimate of drug-likeness (QED) is 0.568. The number of carbonyl (C=O) groups is 1. The normalized spacial score (nSPS) is 20.6. The molecule has 2 atom stereocenters. The highest BCUT2D eigenvalue weighted by atomic mass is 32.2. The van der Waals surface area contributed by atoms with Crippen LogP contribution in [-0.2, 0) is 16.2 Å². The number of amides is 1. The first-order valence-electron chi connectivity index (χ1n) is 7.96. The van der Waals surface area contributed by atoms with Crippen molar-refractivity contribution in [3.05, 3.63) is 24.3 Å². The first kappa shape index (κ1) is 20.4. The van der Waals surface area contributed by atoms with Crippen LogP contribution in [0.3, 0.4) is 0 Å². The van der Waals surface area contributed by atoms with Gasteiger partial charge in [0.15, 0.2) is 4.90 Å². The molecular weight excluding hydrogens is 373 g/mol. The predicted molar refractivity (Wildman–Crippen MR) is 92.7 cm³/mol. The number of thioether (sulfide) groups is 1. The topological polar surface area (TPSA) is 46.6 Å². The molecule has 0 N–H and O–H groups in total. The molecule has 1 aromatic carbocycles. The molecule has 0 radical (unpaired) electrons. The van der Waals surface area contributed by atoms with Gasteiger partial charge in [-0.2, -0.15) is 13.2 Å². The molecule has 2 unspecified atom stereocenters. The van der Waals surface area contributed by atoms with Crippen LogP contribution in [0, 0.1) is 0 Å². The summed E-state index contributed by atoms with van der Waals surface area (Å²) in [5, 5.41) is 0. The van der Waals surface area contributed by atoms with Crippen LogP contribution in [0.25, 0.3) is 0 Å². The molecule has 0 aliphatic carbocycles. The van der Waals surface area contributed by atoms with E-state index in [1.54, 1.807) is 28.2 Å². The standard InChI is InChI=1S/C16H21F3N2O2S2/c1-3-4-12-11-20(15(22)16(17,18)19)9-10-21(12)25(23)14-7-5-13(24-2)6-8-14/h5-8,12H,3-4,9-11H2,1-2H3. The molecule has 1 aliphatic heterocycles. The first-order valence-corrected chi connectivity index (χ1v) is 10.3. The molecule has 25 heavy (non-hydrogen) atoms. The number of alkyl halides is 3. The molecule has 0 spiro atoms. The second-order valence-electron chi connectivity index (χ2n) is 5.76. The zero-order valence-corrected chi connectivity index (χ0v) is 15.7. The van der Waals surface area contributed by atoms with E-state index >= 15 is 0 Å². The molecule has 0 aromatic heterocycles. The Hall–Kier alpha value is -0.900. The van der Waals surface area contributed by atoms with Gasteiger partial charge in [-0.05, 0) is 36.9 Å². The number of hydrogen-bond donors (Lipinski definition) is 0. The fourth-order valence-corrected chi connectivity index (χ4v) is 4.55. The van der Waals surface area contributed by atoms with Crippen LogP contribution in [0.15, 0.2) is 34.1 Å². The fraction of sp³-hybridized carbons (Fsp3) is 0.562. The van der Waals surface area contributed by atoms with Gasteiger partial charge in [-0.15, -0.1) is 16.1 Å². The van der Waals surface area contributed by atoms with Crippen molar-refractivity contribution < 1.29 is 22.5 Å². The van der Waals surface area contributed by atoms with E-state index < -0.39 is 23.4 Å². The van der Waals surface area contributed by atoms with Crippen molar-refractivity contribution in [2.24, 2.45) is 0 Å². The van der Waals surface area contributed by atoms with Gasteiger partial charge in [0.25, 0.3) is 0 Å². The Morgan fingerprint density at radius 2 is 1.96 bits per heavy atom. The summed E-state index contributed by atoms with van der Waals surface area (Å²) in [5.74, 6) is -1.82. The summed E-state index contributed by atoms with van der Waals surface area (Å²) in [6, 6.07) is 6.94. The smallest absolute Gasteiger partial charge is 0.471 e. The van der Waals surface area contributed by atoms with Crippen LogP contribution in [0.5, 0.6) is 0 Å². The van der Waals surface area contributed by atoms with Gasteiger partial charge in [0.1, 0.15) is 0 Å². The molecule has 1 aromatic rings. The van der Waals surface area contributed by atoms with Crippen LogP contribution in [0.2, 0.25) is 0 Å². The first-order chi connectivity index (χ1) is 11.8. The summed E-state index contributed by atoms with van der Waals surface area (Å²) < 4.78 is 52.6. The second kappa shape index (κ2) is 8.66. The Balaban J connectivity index is 2.13. The van der Waals surface area contributed by atoms with E-state index in [1.165, 1.54) is 0 Å². The maximum atomic E-state index is 12.9. The SMILES string of the molecule is CCCC1CN(C(=O)C(F)(F)F)CCN1[S+]([O-])c1ccc(SC)cc1. The van der Waals surface area contributed by atoms with Crippen LogP contribution in [0.1, 0.15) is 19.8 Å². The van der Waals surface area contributed by atoms with Gasteiger partial charge in [0.2, 0.25) is 0 Å². The van der Waals surface area contributed by atoms with Gasteiger partial charge in [0, 0.05) is 18.0 Å². The maximum Gasteiger partial charge on any atom is 0.471 e. The molecule has 1 aliphatic rings. The molecular formula is C16H21F3N2O2S2. The monoisotopic (exact) mass is 394 g/mol. The van der Waals surface area contributed by atoms with E-state index in [-0.39, 0.29) is 25.7 Å². The number of halogens is 3. The lowest BCUT2D eigenvalue weighted by Gasteiger charge is -2.40. The van der Waals surface area contributed by atoms with Gasteiger partial charge in [0.05, 0.1) is 23.9 Å². The van der Waals surface area contributed by atoms with Crippen molar-refractivity contribution in [1.29, 1.82) is 0 Å². The van der Waals surface area contributed by atoms with E-state index in [0.717, 1.165) is 16.2 Å². The molecule has 1 fully saturated rings. The number of benzene rings is 1. The molecule has 1 saturated heterocycles. The summed E-state index contributed by atoms with van der Waals surface area (Å²) in [7, 11) is 0. The molecule has 2 rings (SSSR count). The molecule has 0 saturated carbocycles. The fourth-order valence-electron chi connectivity index (χ4n) is 2.82. The number of rotatable bonds is 5. The third-order valence-electron chi connectivity index (χ3n) is 4.05. The highest BCUT2D eigenvalue weighted by Crippen LogP contribution is 2.27. The van der Waals surface area contributed by atoms with Gasteiger partial charge in [-0.25, -0.2) is 0 Å². The summed E-state index contributed by atoms with van der Waals surface area (Å²) >= 11 is 0.120. The Labute approximate surface area is 153 Å². The third-order valence-corrected chi connectivity index (χ3v) is 6.38. The summed E-state index contributed by atoms with van der Waals surface area (Å²) in [4.78, 5) is 14.0. The Morgan fingerprint density at radius 3 is 2.48 bits per heavy atom. The summed E-state index contributed by atoms with van der Waals surface area (Å²) in [6.45, 7) is 1.94. The largest absolute Gasteiger partial charge is 0.593 e. The number of nitrogens with zero attached hydrogens (tertiary/aromatic N) is 2.